The molecule has 0 atom stereocenters. The minimum atomic E-state index is -2.50. The van der Waals surface area contributed by atoms with Crippen molar-refractivity contribution in [2.24, 2.45) is 0 Å². The van der Waals surface area contributed by atoms with Crippen LogP contribution in [0, 0.1) is 0 Å². The van der Waals surface area contributed by atoms with Gasteiger partial charge >= 0.3 is 0 Å². The zero-order valence-corrected chi connectivity index (χ0v) is 8.89. The van der Waals surface area contributed by atoms with Gasteiger partial charge in [0.15, 0.2) is 6.61 Å². The Morgan fingerprint density at radius 3 is 2.87 bits per heavy atom. The maximum atomic E-state index is 11.9. The highest BCUT2D eigenvalue weighted by atomic mass is 35.5. The van der Waals surface area contributed by atoms with Gasteiger partial charge in [-0.25, -0.2) is 13.8 Å². The molecule has 0 fully saturated rings. The molecular formula is C9H11ClF2N2O. The molecule has 1 aromatic rings. The number of halogens is 3. The highest BCUT2D eigenvalue weighted by Crippen LogP contribution is 2.18. The lowest BCUT2D eigenvalue weighted by Gasteiger charge is -2.07. The molecule has 0 spiro atoms. The number of hydrogen-bond acceptors (Lipinski definition) is 3. The smallest absolute Gasteiger partial charge is 0.272 e. The summed E-state index contributed by atoms with van der Waals surface area (Å²) in [6.07, 6.45) is -2.50. The third-order valence-electron chi connectivity index (χ3n) is 1.59. The number of nitrogens with zero attached hydrogens (tertiary/aromatic N) is 1. The molecule has 1 aromatic heterocycles. The van der Waals surface area contributed by atoms with E-state index in [1.165, 1.54) is 6.07 Å². The van der Waals surface area contributed by atoms with Crippen LogP contribution in [0.25, 0.3) is 0 Å². The molecule has 0 aromatic carbocycles. The third-order valence-corrected chi connectivity index (χ3v) is 1.94. The van der Waals surface area contributed by atoms with Gasteiger partial charge in [0.05, 0.1) is 10.7 Å². The van der Waals surface area contributed by atoms with Gasteiger partial charge in [0.2, 0.25) is 5.88 Å². The molecule has 0 aliphatic carbocycles. The molecule has 1 rings (SSSR count). The van der Waals surface area contributed by atoms with Crippen molar-refractivity contribution in [1.82, 2.24) is 10.3 Å². The number of alkyl halides is 2. The first-order valence-corrected chi connectivity index (χ1v) is 4.72. The Hall–Kier alpha value is -0.940. The van der Waals surface area contributed by atoms with E-state index >= 15 is 0 Å². The first kappa shape index (κ1) is 12.1. The van der Waals surface area contributed by atoms with E-state index in [-0.39, 0.29) is 5.88 Å². The van der Waals surface area contributed by atoms with E-state index < -0.39 is 13.0 Å². The Morgan fingerprint density at radius 2 is 2.27 bits per heavy atom. The molecule has 15 heavy (non-hydrogen) atoms. The molecule has 0 radical (unpaired) electrons. The van der Waals surface area contributed by atoms with Crippen molar-refractivity contribution in [2.45, 2.75) is 13.0 Å². The van der Waals surface area contributed by atoms with Gasteiger partial charge in [0, 0.05) is 12.6 Å². The molecule has 0 bridgehead atoms. The minimum absolute atomic E-state index is 0.157. The quantitative estimate of drug-likeness (QED) is 0.850. The van der Waals surface area contributed by atoms with Gasteiger partial charge in [-0.2, -0.15) is 0 Å². The Balaban J connectivity index is 2.69. The number of pyridine rings is 1. The van der Waals surface area contributed by atoms with Crippen molar-refractivity contribution < 1.29 is 13.5 Å². The SMILES string of the molecule is CNCc1nc(OCC(F)F)ccc1Cl. The lowest BCUT2D eigenvalue weighted by molar-refractivity contribution is 0.0795. The van der Waals surface area contributed by atoms with E-state index in [0.29, 0.717) is 17.3 Å². The van der Waals surface area contributed by atoms with Gasteiger partial charge in [0.25, 0.3) is 6.43 Å². The zero-order valence-electron chi connectivity index (χ0n) is 8.14. The minimum Gasteiger partial charge on any atom is -0.472 e. The fourth-order valence-electron chi connectivity index (χ4n) is 0.985. The molecule has 0 unspecified atom stereocenters. The second kappa shape index (κ2) is 5.82. The zero-order chi connectivity index (χ0) is 11.3. The predicted molar refractivity (Wildman–Crippen MR) is 53.5 cm³/mol. The number of aromatic nitrogens is 1. The van der Waals surface area contributed by atoms with Crippen LogP contribution in [0.4, 0.5) is 8.78 Å². The van der Waals surface area contributed by atoms with Crippen LogP contribution < -0.4 is 10.1 Å². The Morgan fingerprint density at radius 1 is 1.53 bits per heavy atom. The van der Waals surface area contributed by atoms with Crippen LogP contribution >= 0.6 is 11.6 Å². The lowest BCUT2D eigenvalue weighted by atomic mass is 10.3. The normalized spacial score (nSPS) is 10.7. The van der Waals surface area contributed by atoms with Gasteiger partial charge in [-0.05, 0) is 13.1 Å². The molecule has 0 aliphatic rings. The maximum Gasteiger partial charge on any atom is 0.272 e. The van der Waals surface area contributed by atoms with Gasteiger partial charge in [0.1, 0.15) is 0 Å². The van der Waals surface area contributed by atoms with Crippen LogP contribution in [-0.2, 0) is 6.54 Å². The maximum absolute atomic E-state index is 11.9. The second-order valence-corrected chi connectivity index (χ2v) is 3.22. The first-order chi connectivity index (χ1) is 7.13. The molecule has 84 valence electrons. The average molecular weight is 237 g/mol. The summed E-state index contributed by atoms with van der Waals surface area (Å²) in [7, 11) is 1.74. The van der Waals surface area contributed by atoms with E-state index in [9.17, 15) is 8.78 Å². The fourth-order valence-corrected chi connectivity index (χ4v) is 1.16. The number of hydrogen-bond donors (Lipinski definition) is 1. The van der Waals surface area contributed by atoms with Crippen LogP contribution in [-0.4, -0.2) is 25.1 Å². The average Bonchev–Trinajstić information content (AvgIpc) is 2.19. The van der Waals surface area contributed by atoms with Crippen molar-refractivity contribution in [3.63, 3.8) is 0 Å². The third kappa shape index (κ3) is 3.97. The number of rotatable bonds is 5. The van der Waals surface area contributed by atoms with Gasteiger partial charge < -0.3 is 10.1 Å². The Kier molecular flexibility index (Phi) is 4.71. The highest BCUT2D eigenvalue weighted by Gasteiger charge is 2.07. The summed E-state index contributed by atoms with van der Waals surface area (Å²) >= 11 is 5.83. The van der Waals surface area contributed by atoms with Gasteiger partial charge in [-0.15, -0.1) is 0 Å². The molecule has 0 saturated carbocycles. The van der Waals surface area contributed by atoms with Crippen LogP contribution in [0.1, 0.15) is 5.69 Å². The second-order valence-electron chi connectivity index (χ2n) is 2.81. The molecule has 0 saturated heterocycles. The van der Waals surface area contributed by atoms with Crippen molar-refractivity contribution in [3.05, 3.63) is 22.8 Å². The molecule has 1 heterocycles. The summed E-state index contributed by atoms with van der Waals surface area (Å²) in [5.41, 5.74) is 0.575. The molecule has 0 aliphatic heterocycles. The van der Waals surface area contributed by atoms with Crippen molar-refractivity contribution in [2.75, 3.05) is 13.7 Å². The van der Waals surface area contributed by atoms with E-state index in [4.69, 9.17) is 16.3 Å². The molecular weight excluding hydrogens is 226 g/mol. The van der Waals surface area contributed by atoms with Gasteiger partial charge in [-0.3, -0.25) is 0 Å². The first-order valence-electron chi connectivity index (χ1n) is 4.34. The van der Waals surface area contributed by atoms with Crippen LogP contribution in [0.15, 0.2) is 12.1 Å². The molecule has 3 nitrogen and oxygen atoms in total. The standard InChI is InChI=1S/C9H11ClF2N2O/c1-13-4-7-6(10)2-3-9(14-7)15-5-8(11)12/h2-3,8,13H,4-5H2,1H3. The Labute approximate surface area is 91.4 Å². The number of nitrogens with one attached hydrogen (secondary N) is 1. The molecule has 1 N–H and O–H groups in total. The van der Waals surface area contributed by atoms with Crippen LogP contribution in [0.5, 0.6) is 5.88 Å². The summed E-state index contributed by atoms with van der Waals surface area (Å²) in [6.45, 7) is -0.196. The van der Waals surface area contributed by atoms with Gasteiger partial charge in [-0.1, -0.05) is 11.6 Å². The largest absolute Gasteiger partial charge is 0.472 e. The van der Waals surface area contributed by atoms with Crippen LogP contribution in [0.3, 0.4) is 0 Å². The Bertz CT molecular complexity index is 323. The summed E-state index contributed by atoms with van der Waals surface area (Å²) in [5, 5.41) is 3.35. The lowest BCUT2D eigenvalue weighted by Crippen LogP contribution is -2.11. The van der Waals surface area contributed by atoms with Crippen molar-refractivity contribution in [1.29, 1.82) is 0 Å². The van der Waals surface area contributed by atoms with Crippen molar-refractivity contribution >= 4 is 11.6 Å². The molecule has 6 heteroatoms. The molecule has 0 amide bonds. The van der Waals surface area contributed by atoms with E-state index in [1.807, 2.05) is 0 Å². The van der Waals surface area contributed by atoms with E-state index in [2.05, 4.69) is 10.3 Å². The number of ether oxygens (including phenoxy) is 1. The highest BCUT2D eigenvalue weighted by molar-refractivity contribution is 6.31. The summed E-state index contributed by atoms with van der Waals surface area (Å²) in [4.78, 5) is 3.98. The summed E-state index contributed by atoms with van der Waals surface area (Å²) in [5.74, 6) is 0.157. The topological polar surface area (TPSA) is 34.2 Å². The summed E-state index contributed by atoms with van der Waals surface area (Å²) < 4.78 is 28.5. The van der Waals surface area contributed by atoms with Crippen molar-refractivity contribution in [3.8, 4) is 5.88 Å². The monoisotopic (exact) mass is 236 g/mol. The summed E-state index contributed by atoms with van der Waals surface area (Å²) in [6, 6.07) is 3.03. The van der Waals surface area contributed by atoms with Crippen LogP contribution in [0.2, 0.25) is 5.02 Å². The predicted octanol–water partition coefficient (Wildman–Crippen LogP) is 2.10. The fraction of sp³-hybridized carbons (Fsp3) is 0.444. The van der Waals surface area contributed by atoms with E-state index in [1.54, 1.807) is 13.1 Å². The van der Waals surface area contributed by atoms with E-state index in [0.717, 1.165) is 0 Å².